The van der Waals surface area contributed by atoms with Crippen LogP contribution < -0.4 is 10.7 Å². The summed E-state index contributed by atoms with van der Waals surface area (Å²) >= 11 is 0. The highest BCUT2D eigenvalue weighted by Gasteiger charge is 2.14. The SMILES string of the molecule is CC(=C1N=c2ccccc2=N1)c1[nH]c(O)c2ccccc12. The molecule has 0 radical (unpaired) electrons. The third kappa shape index (κ3) is 1.76. The number of fused-ring (bicyclic) bond motifs is 2. The van der Waals surface area contributed by atoms with Crippen LogP contribution in [0, 0.1) is 0 Å². The second-order valence-corrected chi connectivity index (χ2v) is 5.06. The summed E-state index contributed by atoms with van der Waals surface area (Å²) in [7, 11) is 0. The van der Waals surface area contributed by atoms with Crippen molar-refractivity contribution in [3.63, 3.8) is 0 Å². The lowest BCUT2D eigenvalue weighted by Gasteiger charge is -2.00. The van der Waals surface area contributed by atoms with Crippen molar-refractivity contribution in [2.75, 3.05) is 0 Å². The van der Waals surface area contributed by atoms with Gasteiger partial charge in [-0.25, -0.2) is 9.98 Å². The molecule has 4 rings (SSSR count). The number of nitrogens with one attached hydrogen (secondary N) is 1. The molecule has 2 aromatic carbocycles. The van der Waals surface area contributed by atoms with Crippen LogP contribution in [0.2, 0.25) is 0 Å². The number of rotatable bonds is 1. The number of aromatic hydroxyl groups is 1. The Morgan fingerprint density at radius 2 is 1.48 bits per heavy atom. The van der Waals surface area contributed by atoms with Crippen molar-refractivity contribution in [3.05, 3.63) is 70.8 Å². The van der Waals surface area contributed by atoms with Gasteiger partial charge in [0.2, 0.25) is 0 Å². The summed E-state index contributed by atoms with van der Waals surface area (Å²) in [6.45, 7) is 1.96. The first-order valence-electron chi connectivity index (χ1n) is 6.77. The molecule has 2 N–H and O–H groups in total. The van der Waals surface area contributed by atoms with Crippen molar-refractivity contribution in [2.45, 2.75) is 6.92 Å². The Labute approximate surface area is 120 Å². The predicted octanol–water partition coefficient (Wildman–Crippen LogP) is 2.52. The van der Waals surface area contributed by atoms with Gasteiger partial charge in [0.1, 0.15) is 0 Å². The number of hydrogen-bond acceptors (Lipinski definition) is 3. The molecule has 1 aliphatic heterocycles. The maximum atomic E-state index is 10.0. The molecule has 1 aliphatic rings. The first kappa shape index (κ1) is 11.9. The molecule has 0 fully saturated rings. The molecule has 0 aliphatic carbocycles. The summed E-state index contributed by atoms with van der Waals surface area (Å²) in [6, 6.07) is 15.5. The van der Waals surface area contributed by atoms with Crippen LogP contribution in [0.1, 0.15) is 12.6 Å². The van der Waals surface area contributed by atoms with Gasteiger partial charge in [-0.1, -0.05) is 30.3 Å². The van der Waals surface area contributed by atoms with Gasteiger partial charge in [0, 0.05) is 16.3 Å². The van der Waals surface area contributed by atoms with Gasteiger partial charge in [-0.2, -0.15) is 0 Å². The fourth-order valence-corrected chi connectivity index (χ4v) is 2.64. The molecule has 0 unspecified atom stereocenters. The van der Waals surface area contributed by atoms with E-state index in [0.717, 1.165) is 32.8 Å². The zero-order valence-electron chi connectivity index (χ0n) is 11.5. The number of hydrogen-bond donors (Lipinski definition) is 2. The molecule has 0 saturated heterocycles. The Kier molecular flexibility index (Phi) is 2.44. The highest BCUT2D eigenvalue weighted by atomic mass is 16.3. The normalized spacial score (nSPS) is 12.9. The van der Waals surface area contributed by atoms with Crippen molar-refractivity contribution in [3.8, 4) is 5.88 Å². The van der Waals surface area contributed by atoms with E-state index >= 15 is 0 Å². The monoisotopic (exact) mass is 275 g/mol. The van der Waals surface area contributed by atoms with Crippen LogP contribution in [0.15, 0.2) is 64.3 Å². The lowest BCUT2D eigenvalue weighted by Crippen LogP contribution is -2.19. The van der Waals surface area contributed by atoms with Crippen LogP contribution in [0.4, 0.5) is 0 Å². The molecule has 4 heteroatoms. The fraction of sp³-hybridized carbons (Fsp3) is 0.0588. The van der Waals surface area contributed by atoms with Gasteiger partial charge in [-0.15, -0.1) is 0 Å². The summed E-state index contributed by atoms with van der Waals surface area (Å²) in [6.07, 6.45) is 0. The van der Waals surface area contributed by atoms with Crippen LogP contribution in [-0.4, -0.2) is 10.1 Å². The Balaban J connectivity index is 1.98. The van der Waals surface area contributed by atoms with E-state index in [1.165, 1.54) is 0 Å². The van der Waals surface area contributed by atoms with Gasteiger partial charge in [-0.05, 0) is 25.1 Å². The molecule has 0 atom stereocenters. The number of nitrogens with zero attached hydrogens (tertiary/aromatic N) is 2. The van der Waals surface area contributed by atoms with Crippen LogP contribution in [-0.2, 0) is 0 Å². The van der Waals surface area contributed by atoms with E-state index in [1.807, 2.05) is 55.5 Å². The molecule has 102 valence electrons. The van der Waals surface area contributed by atoms with Gasteiger partial charge in [0.15, 0.2) is 11.7 Å². The number of aromatic amines is 1. The average Bonchev–Trinajstić information content (AvgIpc) is 3.09. The first-order chi connectivity index (χ1) is 10.2. The van der Waals surface area contributed by atoms with E-state index in [4.69, 9.17) is 0 Å². The maximum Gasteiger partial charge on any atom is 0.196 e. The topological polar surface area (TPSA) is 60.7 Å². The number of aromatic nitrogens is 1. The van der Waals surface area contributed by atoms with Crippen LogP contribution >= 0.6 is 0 Å². The first-order valence-corrected chi connectivity index (χ1v) is 6.77. The standard InChI is InChI=1S/C17H13N3O/c1-10(16-18-13-8-4-5-9-14(13)19-16)15-11-6-2-3-7-12(11)17(21)20-15/h2-9,20-21H,1H3. The van der Waals surface area contributed by atoms with E-state index < -0.39 is 0 Å². The molecule has 3 aromatic rings. The van der Waals surface area contributed by atoms with E-state index in [0.29, 0.717) is 5.82 Å². The van der Waals surface area contributed by atoms with Crippen LogP contribution in [0.5, 0.6) is 5.88 Å². The molecule has 0 bridgehead atoms. The average molecular weight is 275 g/mol. The maximum absolute atomic E-state index is 10.0. The number of benzene rings is 2. The predicted molar refractivity (Wildman–Crippen MR) is 81.3 cm³/mol. The zero-order valence-corrected chi connectivity index (χ0v) is 11.5. The zero-order chi connectivity index (χ0) is 14.4. The van der Waals surface area contributed by atoms with Crippen molar-refractivity contribution in [2.24, 2.45) is 9.98 Å². The summed E-state index contributed by atoms with van der Waals surface area (Å²) in [5, 5.41) is 13.6. The molecule has 0 amide bonds. The van der Waals surface area contributed by atoms with Crippen LogP contribution in [0.3, 0.4) is 0 Å². The van der Waals surface area contributed by atoms with E-state index in [2.05, 4.69) is 15.0 Å². The van der Waals surface area contributed by atoms with Crippen molar-refractivity contribution in [1.82, 2.24) is 4.98 Å². The second kappa shape index (κ2) is 4.31. The van der Waals surface area contributed by atoms with Crippen molar-refractivity contribution in [1.29, 1.82) is 0 Å². The minimum atomic E-state index is 0.177. The quantitative estimate of drug-likeness (QED) is 0.704. The van der Waals surface area contributed by atoms with Crippen molar-refractivity contribution >= 4 is 16.3 Å². The van der Waals surface area contributed by atoms with Gasteiger partial charge >= 0.3 is 0 Å². The lowest BCUT2D eigenvalue weighted by molar-refractivity contribution is 0.462. The van der Waals surface area contributed by atoms with Crippen molar-refractivity contribution < 1.29 is 5.11 Å². The van der Waals surface area contributed by atoms with Gasteiger partial charge in [0.05, 0.1) is 16.4 Å². The molecule has 21 heavy (non-hydrogen) atoms. The van der Waals surface area contributed by atoms with E-state index in [1.54, 1.807) is 0 Å². The second-order valence-electron chi connectivity index (χ2n) is 5.06. The lowest BCUT2D eigenvalue weighted by atomic mass is 10.1. The number of para-hydroxylation sites is 2. The smallest absolute Gasteiger partial charge is 0.196 e. The molecule has 1 aromatic heterocycles. The Morgan fingerprint density at radius 3 is 2.14 bits per heavy atom. The molecule has 4 nitrogen and oxygen atoms in total. The van der Waals surface area contributed by atoms with Crippen LogP contribution in [0.25, 0.3) is 16.3 Å². The fourth-order valence-electron chi connectivity index (χ4n) is 2.64. The summed E-state index contributed by atoms with van der Waals surface area (Å²) in [5.74, 6) is 0.860. The van der Waals surface area contributed by atoms with Gasteiger partial charge in [0.25, 0.3) is 0 Å². The van der Waals surface area contributed by atoms with E-state index in [-0.39, 0.29) is 5.88 Å². The third-order valence-corrected chi connectivity index (χ3v) is 3.74. The molecular formula is C17H13N3O. The molecule has 0 saturated carbocycles. The van der Waals surface area contributed by atoms with Gasteiger partial charge in [-0.3, -0.25) is 0 Å². The summed E-state index contributed by atoms with van der Waals surface area (Å²) < 4.78 is 0. The third-order valence-electron chi connectivity index (χ3n) is 3.74. The summed E-state index contributed by atoms with van der Waals surface area (Å²) in [5.41, 5.74) is 1.78. The summed E-state index contributed by atoms with van der Waals surface area (Å²) in [4.78, 5) is 12.1. The number of H-pyrrole nitrogens is 1. The van der Waals surface area contributed by atoms with E-state index in [9.17, 15) is 5.11 Å². The highest BCUT2D eigenvalue weighted by molar-refractivity contribution is 5.96. The largest absolute Gasteiger partial charge is 0.494 e. The minimum absolute atomic E-state index is 0.177. The molecule has 0 spiro atoms. The number of allylic oxidation sites excluding steroid dienone is 1. The Morgan fingerprint density at radius 1 is 0.905 bits per heavy atom. The minimum Gasteiger partial charge on any atom is -0.494 e. The highest BCUT2D eigenvalue weighted by Crippen LogP contribution is 2.32. The molecular weight excluding hydrogens is 262 g/mol. The molecule has 2 heterocycles. The van der Waals surface area contributed by atoms with Gasteiger partial charge < -0.3 is 10.1 Å². The Hall–Kier alpha value is -2.88. The Bertz CT molecular complexity index is 975.